The largest absolute Gasteiger partial charge is 0.472 e. The summed E-state index contributed by atoms with van der Waals surface area (Å²) in [5, 5.41) is 74.5. The van der Waals surface area contributed by atoms with Gasteiger partial charge in [-0.15, -0.1) is 0 Å². The van der Waals surface area contributed by atoms with Crippen molar-refractivity contribution >= 4 is 13.7 Å². The summed E-state index contributed by atoms with van der Waals surface area (Å²) < 4.78 is 22.9. The number of unbranched alkanes of at least 4 members (excludes halogenated alkanes) is 25. The molecule has 0 aromatic carbocycles. The fraction of sp³-hybridized carbons (Fsp3) is 0.894. The molecule has 1 rings (SSSR count). The van der Waals surface area contributed by atoms with E-state index in [1.807, 2.05) is 0 Å². The first-order valence-electron chi connectivity index (χ1n) is 24.4. The maximum atomic E-state index is 13.0. The predicted octanol–water partition coefficient (Wildman–Crippen LogP) is 8.37. The van der Waals surface area contributed by atoms with Crippen LogP contribution in [0, 0.1) is 0 Å². The van der Waals surface area contributed by atoms with E-state index in [9.17, 15) is 50.0 Å². The molecule has 0 aliphatic heterocycles. The number of rotatable bonds is 40. The summed E-state index contributed by atoms with van der Waals surface area (Å²) in [6, 6.07) is -1.25. The van der Waals surface area contributed by atoms with Crippen LogP contribution in [0.25, 0.3) is 0 Å². The Morgan fingerprint density at radius 1 is 0.574 bits per heavy atom. The number of hydrogen-bond acceptors (Lipinski definition) is 11. The molecule has 8 atom stereocenters. The average Bonchev–Trinajstić information content (AvgIpc) is 3.23. The second-order valence-electron chi connectivity index (χ2n) is 17.5. The van der Waals surface area contributed by atoms with Crippen LogP contribution in [0.15, 0.2) is 24.3 Å². The zero-order valence-electron chi connectivity index (χ0n) is 38.1. The van der Waals surface area contributed by atoms with E-state index < -0.39 is 75.2 Å². The van der Waals surface area contributed by atoms with E-state index >= 15 is 0 Å². The highest BCUT2D eigenvalue weighted by Gasteiger charge is 2.51. The van der Waals surface area contributed by atoms with Crippen molar-refractivity contribution in [3.63, 3.8) is 0 Å². The van der Waals surface area contributed by atoms with Crippen molar-refractivity contribution in [1.82, 2.24) is 5.32 Å². The Bertz CT molecular complexity index is 1140. The van der Waals surface area contributed by atoms with E-state index in [4.69, 9.17) is 9.05 Å². The zero-order chi connectivity index (χ0) is 45.1. The third-order valence-corrected chi connectivity index (χ3v) is 12.8. The molecule has 13 nitrogen and oxygen atoms in total. The Hall–Kier alpha value is -1.22. The molecular formula is C47H90NO12P. The van der Waals surface area contributed by atoms with Crippen molar-refractivity contribution in [1.29, 1.82) is 0 Å². The van der Waals surface area contributed by atoms with Gasteiger partial charge in [0.1, 0.15) is 36.6 Å². The molecule has 360 valence electrons. The molecule has 1 aliphatic rings. The van der Waals surface area contributed by atoms with Gasteiger partial charge in [-0.2, -0.15) is 0 Å². The topological polar surface area (TPSA) is 226 Å². The Balaban J connectivity index is 2.56. The minimum Gasteiger partial charge on any atom is -0.393 e. The summed E-state index contributed by atoms with van der Waals surface area (Å²) in [7, 11) is -5.15. The zero-order valence-corrected chi connectivity index (χ0v) is 39.0. The highest BCUT2D eigenvalue weighted by molar-refractivity contribution is 7.47. The summed E-state index contributed by atoms with van der Waals surface area (Å²) in [6.45, 7) is 3.73. The lowest BCUT2D eigenvalue weighted by Crippen LogP contribution is -2.64. The van der Waals surface area contributed by atoms with Crippen LogP contribution < -0.4 is 5.32 Å². The molecule has 8 unspecified atom stereocenters. The number of hydrogen-bond donors (Lipinski definition) is 9. The number of phosphoric ester groups is 1. The van der Waals surface area contributed by atoms with Gasteiger partial charge in [-0.25, -0.2) is 4.57 Å². The Kier molecular flexibility index (Phi) is 35.1. The first-order chi connectivity index (χ1) is 29.3. The lowest BCUT2D eigenvalue weighted by atomic mass is 9.85. The highest BCUT2D eigenvalue weighted by Crippen LogP contribution is 2.47. The first-order valence-corrected chi connectivity index (χ1v) is 25.9. The van der Waals surface area contributed by atoms with Crippen molar-refractivity contribution < 1.29 is 59.0 Å². The van der Waals surface area contributed by atoms with Crippen LogP contribution in [-0.2, 0) is 18.4 Å². The minimum atomic E-state index is -5.15. The van der Waals surface area contributed by atoms with Crippen LogP contribution in [0.4, 0.5) is 0 Å². The van der Waals surface area contributed by atoms with E-state index in [1.165, 1.54) is 134 Å². The van der Waals surface area contributed by atoms with Gasteiger partial charge in [0.2, 0.25) is 5.91 Å². The van der Waals surface area contributed by atoms with Crippen LogP contribution in [0.5, 0.6) is 0 Å². The quantitative estimate of drug-likeness (QED) is 0.0161. The van der Waals surface area contributed by atoms with Gasteiger partial charge in [0.15, 0.2) is 0 Å². The molecule has 0 bridgehead atoms. The summed E-state index contributed by atoms with van der Waals surface area (Å²) in [4.78, 5) is 23.4. The Morgan fingerprint density at radius 3 is 1.44 bits per heavy atom. The lowest BCUT2D eigenvalue weighted by molar-refractivity contribution is -0.220. The number of allylic oxidation sites excluding steroid dienone is 3. The third-order valence-electron chi connectivity index (χ3n) is 11.8. The van der Waals surface area contributed by atoms with E-state index in [0.717, 1.165) is 44.9 Å². The van der Waals surface area contributed by atoms with Gasteiger partial charge in [-0.3, -0.25) is 13.8 Å². The fourth-order valence-electron chi connectivity index (χ4n) is 7.79. The molecule has 61 heavy (non-hydrogen) atoms. The number of carbonyl (C=O) groups excluding carboxylic acids is 1. The Morgan fingerprint density at radius 2 is 0.967 bits per heavy atom. The SMILES string of the molecule is CCCCCCCCCCCCCC/C=C/CC/C=C/C(O)C(COP(=O)(O)OC1C(O)C(O)C(O)C(O)C1O)NC(=O)CC(O)CCCCCCCCCCCCCCC. The standard InChI is InChI=1S/C47H90NO12P/c1-3-5-7-9-11-13-15-17-18-19-20-21-23-25-27-29-31-33-35-40(50)39(37-59-61(57,58)60-47-45(55)43(53)42(52)44(54)46(47)56)48-41(51)36-38(49)34-32-30-28-26-24-22-16-14-12-10-8-6-4-2/h25,27,33,35,38-40,42-47,49-50,52-56H,3-24,26,28-32,34,36-37H2,1-2H3,(H,48,51)(H,57,58)/b27-25+,35-33+. The van der Waals surface area contributed by atoms with E-state index in [2.05, 4.69) is 31.3 Å². The van der Waals surface area contributed by atoms with Crippen LogP contribution in [0.3, 0.4) is 0 Å². The highest BCUT2D eigenvalue weighted by atomic mass is 31.2. The number of amides is 1. The van der Waals surface area contributed by atoms with Crippen LogP contribution in [-0.4, -0.2) is 108 Å². The van der Waals surface area contributed by atoms with E-state index in [0.29, 0.717) is 12.8 Å². The fourth-order valence-corrected chi connectivity index (χ4v) is 8.75. The predicted molar refractivity (Wildman–Crippen MR) is 243 cm³/mol. The number of aliphatic hydroxyl groups is 7. The summed E-state index contributed by atoms with van der Waals surface area (Å²) in [5.41, 5.74) is 0. The van der Waals surface area contributed by atoms with Crippen LogP contribution >= 0.6 is 7.82 Å². The molecule has 0 heterocycles. The van der Waals surface area contributed by atoms with Gasteiger partial charge >= 0.3 is 7.82 Å². The molecular weight excluding hydrogens is 801 g/mol. The van der Waals surface area contributed by atoms with Gasteiger partial charge in [0.05, 0.1) is 31.3 Å². The maximum Gasteiger partial charge on any atom is 0.472 e. The number of carbonyl (C=O) groups is 1. The van der Waals surface area contributed by atoms with Crippen molar-refractivity contribution in [3.05, 3.63) is 24.3 Å². The summed E-state index contributed by atoms with van der Waals surface area (Å²) in [5.74, 6) is -0.601. The molecule has 0 spiro atoms. The summed E-state index contributed by atoms with van der Waals surface area (Å²) in [6.07, 6.45) is 27.0. The van der Waals surface area contributed by atoms with Crippen molar-refractivity contribution in [3.8, 4) is 0 Å². The van der Waals surface area contributed by atoms with Gasteiger partial charge in [0.25, 0.3) is 0 Å². The first kappa shape index (κ1) is 57.8. The van der Waals surface area contributed by atoms with Gasteiger partial charge < -0.3 is 46.0 Å². The molecule has 14 heteroatoms. The molecule has 0 aromatic rings. The molecule has 1 fully saturated rings. The number of nitrogens with one attached hydrogen (secondary N) is 1. The molecule has 0 radical (unpaired) electrons. The normalized spacial score (nSPS) is 23.4. The maximum absolute atomic E-state index is 13.0. The van der Waals surface area contributed by atoms with Gasteiger partial charge in [-0.05, 0) is 32.1 Å². The summed E-state index contributed by atoms with van der Waals surface area (Å²) >= 11 is 0. The smallest absolute Gasteiger partial charge is 0.393 e. The molecule has 9 N–H and O–H groups in total. The second kappa shape index (κ2) is 37.0. The van der Waals surface area contributed by atoms with Gasteiger partial charge in [0, 0.05) is 0 Å². The van der Waals surface area contributed by atoms with E-state index in [-0.39, 0.29) is 6.42 Å². The molecule has 1 amide bonds. The van der Waals surface area contributed by atoms with Crippen molar-refractivity contribution in [2.24, 2.45) is 0 Å². The van der Waals surface area contributed by atoms with Crippen molar-refractivity contribution in [2.45, 2.75) is 261 Å². The molecule has 0 aromatic heterocycles. The van der Waals surface area contributed by atoms with Crippen molar-refractivity contribution in [2.75, 3.05) is 6.61 Å². The minimum absolute atomic E-state index is 0.249. The average molecular weight is 892 g/mol. The molecule has 0 saturated heterocycles. The second-order valence-corrected chi connectivity index (χ2v) is 18.9. The van der Waals surface area contributed by atoms with Crippen LogP contribution in [0.2, 0.25) is 0 Å². The van der Waals surface area contributed by atoms with Gasteiger partial charge in [-0.1, -0.05) is 192 Å². The number of phosphoric acid groups is 1. The monoisotopic (exact) mass is 892 g/mol. The Labute approximate surface area is 369 Å². The van der Waals surface area contributed by atoms with Crippen LogP contribution in [0.1, 0.15) is 206 Å². The third kappa shape index (κ3) is 29.0. The molecule has 1 saturated carbocycles. The van der Waals surface area contributed by atoms with E-state index in [1.54, 1.807) is 6.08 Å². The number of aliphatic hydroxyl groups excluding tert-OH is 7. The lowest BCUT2D eigenvalue weighted by Gasteiger charge is -2.41. The molecule has 1 aliphatic carbocycles.